The van der Waals surface area contributed by atoms with Crippen LogP contribution in [-0.2, 0) is 6.42 Å². The molecule has 0 bridgehead atoms. The van der Waals surface area contributed by atoms with Crippen LogP contribution in [0.3, 0.4) is 0 Å². The molecule has 0 N–H and O–H groups in total. The molecule has 1 fully saturated rings. The molecule has 1 aliphatic heterocycles. The third-order valence-corrected chi connectivity index (χ3v) is 6.29. The van der Waals surface area contributed by atoms with Gasteiger partial charge in [0.25, 0.3) is 0 Å². The van der Waals surface area contributed by atoms with Crippen LogP contribution in [0, 0.1) is 6.92 Å². The topological polar surface area (TPSA) is 45.2 Å². The van der Waals surface area contributed by atoms with Crippen molar-refractivity contribution >= 4 is 38.7 Å². The molecule has 4 heterocycles. The molecular formula is C16H19N5S2. The van der Waals surface area contributed by atoms with Gasteiger partial charge in [-0.15, -0.1) is 22.7 Å². The van der Waals surface area contributed by atoms with E-state index in [-0.39, 0.29) is 0 Å². The van der Waals surface area contributed by atoms with Crippen LogP contribution in [0.15, 0.2) is 23.3 Å². The van der Waals surface area contributed by atoms with Crippen molar-refractivity contribution in [1.82, 2.24) is 19.9 Å². The van der Waals surface area contributed by atoms with Gasteiger partial charge in [-0.3, -0.25) is 4.90 Å². The highest BCUT2D eigenvalue weighted by Crippen LogP contribution is 2.28. The van der Waals surface area contributed by atoms with Crippen molar-refractivity contribution in [3.8, 4) is 0 Å². The Kier molecular flexibility index (Phi) is 4.24. The molecular weight excluding hydrogens is 326 g/mol. The number of hydrogen-bond acceptors (Lipinski definition) is 7. The Balaban J connectivity index is 1.37. The SMILES string of the molecule is Cc1ncsc1CCN1CCN(c2ncnc3ccsc23)CC1. The van der Waals surface area contributed by atoms with Crippen molar-refractivity contribution in [2.75, 3.05) is 37.6 Å². The fourth-order valence-electron chi connectivity index (χ4n) is 3.01. The zero-order valence-electron chi connectivity index (χ0n) is 13.1. The maximum Gasteiger partial charge on any atom is 0.150 e. The summed E-state index contributed by atoms with van der Waals surface area (Å²) in [6.07, 6.45) is 2.79. The second-order valence-electron chi connectivity index (χ2n) is 5.77. The summed E-state index contributed by atoms with van der Waals surface area (Å²) in [5, 5.41) is 2.09. The number of thiazole rings is 1. The van der Waals surface area contributed by atoms with E-state index in [2.05, 4.69) is 43.1 Å². The Labute approximate surface area is 143 Å². The Bertz CT molecular complexity index is 788. The molecule has 3 aromatic rings. The molecule has 120 valence electrons. The lowest BCUT2D eigenvalue weighted by atomic mass is 10.2. The van der Waals surface area contributed by atoms with Crippen LogP contribution in [-0.4, -0.2) is 52.6 Å². The van der Waals surface area contributed by atoms with E-state index in [0.29, 0.717) is 0 Å². The van der Waals surface area contributed by atoms with Crippen LogP contribution in [0.4, 0.5) is 5.82 Å². The number of rotatable bonds is 4. The van der Waals surface area contributed by atoms with E-state index >= 15 is 0 Å². The van der Waals surface area contributed by atoms with Gasteiger partial charge in [-0.25, -0.2) is 15.0 Å². The summed E-state index contributed by atoms with van der Waals surface area (Å²) >= 11 is 3.51. The summed E-state index contributed by atoms with van der Waals surface area (Å²) in [5.41, 5.74) is 4.20. The highest BCUT2D eigenvalue weighted by atomic mass is 32.1. The van der Waals surface area contributed by atoms with Gasteiger partial charge in [-0.05, 0) is 24.8 Å². The molecule has 0 spiro atoms. The smallest absolute Gasteiger partial charge is 0.150 e. The van der Waals surface area contributed by atoms with E-state index in [0.717, 1.165) is 50.5 Å². The van der Waals surface area contributed by atoms with Gasteiger partial charge in [0.15, 0.2) is 0 Å². The number of nitrogens with zero attached hydrogens (tertiary/aromatic N) is 5. The minimum atomic E-state index is 1.03. The predicted octanol–water partition coefficient (Wildman–Crippen LogP) is 2.82. The van der Waals surface area contributed by atoms with E-state index in [9.17, 15) is 0 Å². The van der Waals surface area contributed by atoms with Crippen LogP contribution in [0.1, 0.15) is 10.6 Å². The molecule has 5 nitrogen and oxygen atoms in total. The average molecular weight is 345 g/mol. The Hall–Kier alpha value is -1.57. The summed E-state index contributed by atoms with van der Waals surface area (Å²) in [6, 6.07) is 2.07. The normalized spacial score (nSPS) is 16.3. The minimum absolute atomic E-state index is 1.03. The van der Waals surface area contributed by atoms with Gasteiger partial charge in [-0.1, -0.05) is 0 Å². The molecule has 0 atom stereocenters. The number of fused-ring (bicyclic) bond motifs is 1. The monoisotopic (exact) mass is 345 g/mol. The Morgan fingerprint density at radius 2 is 1.96 bits per heavy atom. The molecule has 7 heteroatoms. The summed E-state index contributed by atoms with van der Waals surface area (Å²) in [5.74, 6) is 1.10. The number of hydrogen-bond donors (Lipinski definition) is 0. The molecule has 23 heavy (non-hydrogen) atoms. The number of aryl methyl sites for hydroxylation is 1. The van der Waals surface area contributed by atoms with E-state index in [1.54, 1.807) is 29.0 Å². The zero-order chi connectivity index (χ0) is 15.6. The second kappa shape index (κ2) is 6.51. The standard InChI is InChI=1S/C16H19N5S2/c1-12-14(23-11-19-12)2-4-20-5-7-21(8-6-20)16-15-13(3-9-22-15)17-10-18-16/h3,9-11H,2,4-8H2,1H3. The van der Waals surface area contributed by atoms with Gasteiger partial charge in [0.05, 0.1) is 21.4 Å². The van der Waals surface area contributed by atoms with Gasteiger partial charge in [0.1, 0.15) is 12.1 Å². The quantitative estimate of drug-likeness (QED) is 0.727. The summed E-state index contributed by atoms with van der Waals surface area (Å²) in [6.45, 7) is 7.47. The highest BCUT2D eigenvalue weighted by Gasteiger charge is 2.20. The van der Waals surface area contributed by atoms with Crippen molar-refractivity contribution < 1.29 is 0 Å². The van der Waals surface area contributed by atoms with Gasteiger partial charge in [0.2, 0.25) is 0 Å². The number of piperazine rings is 1. The molecule has 0 radical (unpaired) electrons. The predicted molar refractivity (Wildman–Crippen MR) is 96.6 cm³/mol. The van der Waals surface area contributed by atoms with E-state index < -0.39 is 0 Å². The van der Waals surface area contributed by atoms with Crippen molar-refractivity contribution in [3.05, 3.63) is 33.9 Å². The highest BCUT2D eigenvalue weighted by molar-refractivity contribution is 7.17. The maximum absolute atomic E-state index is 4.53. The van der Waals surface area contributed by atoms with Crippen LogP contribution in [0.5, 0.6) is 0 Å². The number of anilines is 1. The van der Waals surface area contributed by atoms with Crippen LogP contribution in [0.2, 0.25) is 0 Å². The van der Waals surface area contributed by atoms with Crippen molar-refractivity contribution in [1.29, 1.82) is 0 Å². The summed E-state index contributed by atoms with van der Waals surface area (Å²) < 4.78 is 1.21. The fraction of sp³-hybridized carbons (Fsp3) is 0.438. The van der Waals surface area contributed by atoms with E-state index in [1.807, 2.05) is 5.51 Å². The van der Waals surface area contributed by atoms with E-state index in [1.165, 1.54) is 15.3 Å². The third kappa shape index (κ3) is 3.08. The van der Waals surface area contributed by atoms with Crippen molar-refractivity contribution in [3.63, 3.8) is 0 Å². The average Bonchev–Trinajstić information content (AvgIpc) is 3.22. The van der Waals surface area contributed by atoms with Crippen molar-refractivity contribution in [2.45, 2.75) is 13.3 Å². The first-order chi connectivity index (χ1) is 11.3. The molecule has 0 aromatic carbocycles. The third-order valence-electron chi connectivity index (χ3n) is 4.40. The lowest BCUT2D eigenvalue weighted by Crippen LogP contribution is -2.47. The molecule has 0 amide bonds. The Morgan fingerprint density at radius 1 is 1.09 bits per heavy atom. The Morgan fingerprint density at radius 3 is 2.74 bits per heavy atom. The van der Waals surface area contributed by atoms with Gasteiger partial charge in [0, 0.05) is 37.6 Å². The van der Waals surface area contributed by atoms with Crippen LogP contribution >= 0.6 is 22.7 Å². The van der Waals surface area contributed by atoms with Gasteiger partial charge >= 0.3 is 0 Å². The largest absolute Gasteiger partial charge is 0.353 e. The maximum atomic E-state index is 4.53. The second-order valence-corrected chi connectivity index (χ2v) is 7.63. The molecule has 1 saturated heterocycles. The number of aromatic nitrogens is 3. The van der Waals surface area contributed by atoms with Crippen molar-refractivity contribution in [2.24, 2.45) is 0 Å². The van der Waals surface area contributed by atoms with Gasteiger partial charge in [-0.2, -0.15) is 0 Å². The fourth-order valence-corrected chi connectivity index (χ4v) is 4.64. The first-order valence-corrected chi connectivity index (χ1v) is 9.61. The minimum Gasteiger partial charge on any atom is -0.353 e. The molecule has 3 aromatic heterocycles. The van der Waals surface area contributed by atoms with Crippen LogP contribution < -0.4 is 4.90 Å². The molecule has 0 aliphatic carbocycles. The van der Waals surface area contributed by atoms with Gasteiger partial charge < -0.3 is 4.90 Å². The molecule has 0 unspecified atom stereocenters. The first kappa shape index (κ1) is 15.0. The molecule has 4 rings (SSSR count). The van der Waals surface area contributed by atoms with E-state index in [4.69, 9.17) is 0 Å². The molecule has 1 aliphatic rings. The summed E-state index contributed by atoms with van der Waals surface area (Å²) in [7, 11) is 0. The first-order valence-electron chi connectivity index (χ1n) is 7.86. The molecule has 0 saturated carbocycles. The lowest BCUT2D eigenvalue weighted by molar-refractivity contribution is 0.261. The lowest BCUT2D eigenvalue weighted by Gasteiger charge is -2.35. The van der Waals surface area contributed by atoms with Crippen LogP contribution in [0.25, 0.3) is 10.2 Å². The number of thiophene rings is 1. The zero-order valence-corrected chi connectivity index (χ0v) is 14.7. The summed E-state index contributed by atoms with van der Waals surface area (Å²) in [4.78, 5) is 19.6.